The standard InChI is InChI=1S/C20H30N2S2/c1-3-5-7-9-13-23-19-11-12-20(17-22,18(15-19)16-21)24-14-10-8-6-4-2/h11-12,15,18H,3-10,13-14H2,1-2H3. The summed E-state index contributed by atoms with van der Waals surface area (Å²) in [6.45, 7) is 4.42. The van der Waals surface area contributed by atoms with Crippen molar-refractivity contribution in [1.82, 2.24) is 0 Å². The maximum atomic E-state index is 9.70. The first-order chi connectivity index (χ1) is 11.7. The van der Waals surface area contributed by atoms with E-state index in [0.29, 0.717) is 0 Å². The fourth-order valence-corrected chi connectivity index (χ4v) is 4.84. The van der Waals surface area contributed by atoms with Crippen LogP contribution in [0.25, 0.3) is 0 Å². The molecule has 1 rings (SSSR count). The van der Waals surface area contributed by atoms with Gasteiger partial charge in [0, 0.05) is 4.91 Å². The van der Waals surface area contributed by atoms with Crippen molar-refractivity contribution in [3.63, 3.8) is 0 Å². The maximum absolute atomic E-state index is 9.70. The second kappa shape index (κ2) is 12.5. The summed E-state index contributed by atoms with van der Waals surface area (Å²) in [7, 11) is 0. The fourth-order valence-electron chi connectivity index (χ4n) is 2.65. The summed E-state index contributed by atoms with van der Waals surface area (Å²) in [4.78, 5) is 1.15. The monoisotopic (exact) mass is 362 g/mol. The number of unbranched alkanes of at least 4 members (excludes halogenated alkanes) is 6. The number of hydrogen-bond donors (Lipinski definition) is 0. The van der Waals surface area contributed by atoms with Crippen LogP contribution >= 0.6 is 23.5 Å². The van der Waals surface area contributed by atoms with E-state index in [4.69, 9.17) is 0 Å². The lowest BCUT2D eigenvalue weighted by Crippen LogP contribution is -2.31. The molecular formula is C20H30N2S2. The molecule has 0 radical (unpaired) electrons. The highest BCUT2D eigenvalue weighted by molar-refractivity contribution is 8.03. The zero-order chi connectivity index (χ0) is 17.7. The molecule has 2 nitrogen and oxygen atoms in total. The first-order valence-electron chi connectivity index (χ1n) is 9.21. The lowest BCUT2D eigenvalue weighted by atomic mass is 9.90. The van der Waals surface area contributed by atoms with Crippen LogP contribution in [0.2, 0.25) is 0 Å². The van der Waals surface area contributed by atoms with E-state index in [2.05, 4.69) is 32.1 Å². The van der Waals surface area contributed by atoms with E-state index >= 15 is 0 Å². The number of nitriles is 2. The van der Waals surface area contributed by atoms with Crippen molar-refractivity contribution >= 4 is 23.5 Å². The number of thioether (sulfide) groups is 2. The Labute approximate surface area is 156 Å². The molecule has 0 spiro atoms. The minimum absolute atomic E-state index is 0.346. The smallest absolute Gasteiger partial charge is 0.140 e. The third-order valence-corrected chi connectivity index (χ3v) is 6.76. The largest absolute Gasteiger partial charge is 0.198 e. The first kappa shape index (κ1) is 21.2. The SMILES string of the molecule is CCCCCCSC1=CC(C#N)C(C#N)(SCCCCCC)C=C1. The van der Waals surface area contributed by atoms with Gasteiger partial charge in [0.15, 0.2) is 0 Å². The predicted molar refractivity (Wildman–Crippen MR) is 108 cm³/mol. The topological polar surface area (TPSA) is 47.6 Å². The van der Waals surface area contributed by atoms with Crippen LogP contribution in [-0.4, -0.2) is 16.3 Å². The molecule has 0 N–H and O–H groups in total. The van der Waals surface area contributed by atoms with E-state index in [1.54, 1.807) is 11.8 Å². The maximum Gasteiger partial charge on any atom is 0.140 e. The van der Waals surface area contributed by atoms with Gasteiger partial charge in [-0.1, -0.05) is 70.6 Å². The molecule has 0 bridgehead atoms. The molecule has 0 heterocycles. The van der Waals surface area contributed by atoms with Gasteiger partial charge in [0.25, 0.3) is 0 Å². The second-order valence-corrected chi connectivity index (χ2v) is 8.77. The molecule has 24 heavy (non-hydrogen) atoms. The number of rotatable bonds is 12. The van der Waals surface area contributed by atoms with Crippen molar-refractivity contribution in [2.75, 3.05) is 11.5 Å². The van der Waals surface area contributed by atoms with Crippen LogP contribution in [-0.2, 0) is 0 Å². The molecule has 1 aliphatic carbocycles. The highest BCUT2D eigenvalue weighted by atomic mass is 32.2. The van der Waals surface area contributed by atoms with Crippen molar-refractivity contribution in [3.05, 3.63) is 23.1 Å². The molecule has 1 aliphatic rings. The van der Waals surface area contributed by atoms with E-state index in [1.807, 2.05) is 23.9 Å². The van der Waals surface area contributed by atoms with Crippen LogP contribution < -0.4 is 0 Å². The molecule has 0 fully saturated rings. The average molecular weight is 363 g/mol. The van der Waals surface area contributed by atoms with Crippen LogP contribution in [0, 0.1) is 28.6 Å². The van der Waals surface area contributed by atoms with Gasteiger partial charge in [-0.15, -0.1) is 23.5 Å². The molecule has 4 heteroatoms. The van der Waals surface area contributed by atoms with Crippen molar-refractivity contribution in [3.8, 4) is 12.1 Å². The van der Waals surface area contributed by atoms with E-state index < -0.39 is 4.75 Å². The highest BCUT2D eigenvalue weighted by Crippen LogP contribution is 2.41. The minimum Gasteiger partial charge on any atom is -0.198 e. The zero-order valence-electron chi connectivity index (χ0n) is 15.1. The Balaban J connectivity index is 2.53. The Bertz CT molecular complexity index is 499. The van der Waals surface area contributed by atoms with E-state index in [1.165, 1.54) is 44.9 Å². The van der Waals surface area contributed by atoms with E-state index in [0.717, 1.165) is 22.8 Å². The third-order valence-electron chi connectivity index (χ3n) is 4.21. The minimum atomic E-state index is -0.701. The van der Waals surface area contributed by atoms with Gasteiger partial charge in [0.2, 0.25) is 0 Å². The lowest BCUT2D eigenvalue weighted by Gasteiger charge is -2.29. The predicted octanol–water partition coefficient (Wildman–Crippen LogP) is 6.47. The van der Waals surface area contributed by atoms with Gasteiger partial charge >= 0.3 is 0 Å². The van der Waals surface area contributed by atoms with Crippen molar-refractivity contribution < 1.29 is 0 Å². The highest BCUT2D eigenvalue weighted by Gasteiger charge is 2.38. The molecule has 132 valence electrons. The van der Waals surface area contributed by atoms with Gasteiger partial charge in [-0.05, 0) is 24.3 Å². The van der Waals surface area contributed by atoms with Crippen LogP contribution in [0.5, 0.6) is 0 Å². The van der Waals surface area contributed by atoms with Crippen molar-refractivity contribution in [2.45, 2.75) is 70.0 Å². The Morgan fingerprint density at radius 2 is 1.67 bits per heavy atom. The average Bonchev–Trinajstić information content (AvgIpc) is 2.62. The van der Waals surface area contributed by atoms with Gasteiger partial charge in [-0.2, -0.15) is 10.5 Å². The Morgan fingerprint density at radius 1 is 1.00 bits per heavy atom. The molecular weight excluding hydrogens is 332 g/mol. The normalized spacial score (nSPS) is 22.7. The third kappa shape index (κ3) is 6.96. The molecule has 0 saturated carbocycles. The van der Waals surface area contributed by atoms with Crippen LogP contribution in [0.15, 0.2) is 23.1 Å². The summed E-state index contributed by atoms with van der Waals surface area (Å²) in [5.74, 6) is 1.70. The summed E-state index contributed by atoms with van der Waals surface area (Å²) >= 11 is 3.46. The molecule has 0 saturated heterocycles. The van der Waals surface area contributed by atoms with E-state index in [9.17, 15) is 10.5 Å². The summed E-state index contributed by atoms with van der Waals surface area (Å²) in [5.41, 5.74) is 0. The van der Waals surface area contributed by atoms with Gasteiger partial charge < -0.3 is 0 Å². The molecule has 2 unspecified atom stereocenters. The van der Waals surface area contributed by atoms with Crippen LogP contribution in [0.3, 0.4) is 0 Å². The summed E-state index contributed by atoms with van der Waals surface area (Å²) in [5, 5.41) is 19.3. The summed E-state index contributed by atoms with van der Waals surface area (Å²) in [6, 6.07) is 4.77. The van der Waals surface area contributed by atoms with Gasteiger partial charge in [-0.25, -0.2) is 0 Å². The van der Waals surface area contributed by atoms with E-state index in [-0.39, 0.29) is 5.92 Å². The molecule has 0 amide bonds. The molecule has 2 atom stereocenters. The summed E-state index contributed by atoms with van der Waals surface area (Å²) < 4.78 is -0.701. The Hall–Kier alpha value is -0.840. The molecule has 0 aromatic carbocycles. The quantitative estimate of drug-likeness (QED) is 0.373. The van der Waals surface area contributed by atoms with Gasteiger partial charge in [0.1, 0.15) is 4.75 Å². The van der Waals surface area contributed by atoms with Crippen LogP contribution in [0.4, 0.5) is 0 Å². The Morgan fingerprint density at radius 3 is 2.25 bits per heavy atom. The molecule has 0 aromatic heterocycles. The number of hydrogen-bond acceptors (Lipinski definition) is 4. The second-order valence-electron chi connectivity index (χ2n) is 6.23. The number of allylic oxidation sites excluding steroid dienone is 2. The fraction of sp³-hybridized carbons (Fsp3) is 0.700. The number of nitrogens with zero attached hydrogens (tertiary/aromatic N) is 2. The van der Waals surface area contributed by atoms with Gasteiger partial charge in [-0.3, -0.25) is 0 Å². The molecule has 0 aromatic rings. The van der Waals surface area contributed by atoms with Crippen molar-refractivity contribution in [1.29, 1.82) is 10.5 Å². The van der Waals surface area contributed by atoms with Crippen molar-refractivity contribution in [2.24, 2.45) is 5.92 Å². The van der Waals surface area contributed by atoms with Crippen LogP contribution in [0.1, 0.15) is 65.2 Å². The summed E-state index contributed by atoms with van der Waals surface area (Å²) in [6.07, 6.45) is 15.9. The lowest BCUT2D eigenvalue weighted by molar-refractivity contribution is 0.699. The first-order valence-corrected chi connectivity index (χ1v) is 11.2. The molecule has 0 aliphatic heterocycles. The van der Waals surface area contributed by atoms with Gasteiger partial charge in [0.05, 0.1) is 18.1 Å². The Kier molecular flexibility index (Phi) is 11.1. The zero-order valence-corrected chi connectivity index (χ0v) is 16.7.